The summed E-state index contributed by atoms with van der Waals surface area (Å²) < 4.78 is 0. The molecule has 25 heavy (non-hydrogen) atoms. The van der Waals surface area contributed by atoms with E-state index >= 15 is 0 Å². The molecule has 6 nitrogen and oxygen atoms in total. The summed E-state index contributed by atoms with van der Waals surface area (Å²) in [7, 11) is 0. The van der Waals surface area contributed by atoms with Crippen LogP contribution in [0.25, 0.3) is 0 Å². The van der Waals surface area contributed by atoms with E-state index in [2.05, 4.69) is 10.6 Å². The van der Waals surface area contributed by atoms with Crippen molar-refractivity contribution < 1.29 is 19.5 Å². The first kappa shape index (κ1) is 19.0. The minimum absolute atomic E-state index is 0.00290. The van der Waals surface area contributed by atoms with Crippen LogP contribution in [0.5, 0.6) is 0 Å². The molecule has 1 aliphatic rings. The number of benzene rings is 1. The SMILES string of the molecule is CC(CC(=O)N[C@@H](Cc1ccccc1)C(=O)O)NC(=O)C1CCCC1. The van der Waals surface area contributed by atoms with Crippen molar-refractivity contribution in [2.75, 3.05) is 0 Å². The van der Waals surface area contributed by atoms with Crippen LogP contribution in [0.3, 0.4) is 0 Å². The summed E-state index contributed by atoms with van der Waals surface area (Å²) in [5.41, 5.74) is 0.845. The fourth-order valence-corrected chi connectivity index (χ4v) is 3.18. The van der Waals surface area contributed by atoms with Crippen LogP contribution in [0.2, 0.25) is 0 Å². The quantitative estimate of drug-likeness (QED) is 0.670. The molecule has 6 heteroatoms. The van der Waals surface area contributed by atoms with Gasteiger partial charge in [0.15, 0.2) is 0 Å². The Bertz CT molecular complexity index is 597. The van der Waals surface area contributed by atoms with Gasteiger partial charge in [-0.1, -0.05) is 43.2 Å². The second kappa shape index (κ2) is 9.20. The van der Waals surface area contributed by atoms with Crippen molar-refractivity contribution in [3.05, 3.63) is 35.9 Å². The van der Waals surface area contributed by atoms with Gasteiger partial charge in [0, 0.05) is 24.8 Å². The van der Waals surface area contributed by atoms with Crippen LogP contribution in [0.15, 0.2) is 30.3 Å². The molecular formula is C19H26N2O4. The van der Waals surface area contributed by atoms with E-state index in [0.29, 0.717) is 0 Å². The van der Waals surface area contributed by atoms with Crippen LogP contribution in [0.4, 0.5) is 0 Å². The van der Waals surface area contributed by atoms with Crippen LogP contribution in [0, 0.1) is 5.92 Å². The average molecular weight is 346 g/mol. The smallest absolute Gasteiger partial charge is 0.326 e. The van der Waals surface area contributed by atoms with Crippen LogP contribution >= 0.6 is 0 Å². The summed E-state index contributed by atoms with van der Waals surface area (Å²) >= 11 is 0. The van der Waals surface area contributed by atoms with Crippen molar-refractivity contribution in [3.63, 3.8) is 0 Å². The molecule has 0 aromatic heterocycles. The van der Waals surface area contributed by atoms with Gasteiger partial charge in [-0.3, -0.25) is 9.59 Å². The normalized spacial score (nSPS) is 16.8. The lowest BCUT2D eigenvalue weighted by Gasteiger charge is -2.19. The van der Waals surface area contributed by atoms with Crippen LogP contribution in [-0.4, -0.2) is 35.0 Å². The first-order valence-corrected chi connectivity index (χ1v) is 8.82. The fourth-order valence-electron chi connectivity index (χ4n) is 3.18. The van der Waals surface area contributed by atoms with Gasteiger partial charge in [-0.2, -0.15) is 0 Å². The van der Waals surface area contributed by atoms with Gasteiger partial charge < -0.3 is 15.7 Å². The van der Waals surface area contributed by atoms with E-state index in [0.717, 1.165) is 31.2 Å². The fraction of sp³-hybridized carbons (Fsp3) is 0.526. The summed E-state index contributed by atoms with van der Waals surface area (Å²) in [6, 6.07) is 7.87. The maximum Gasteiger partial charge on any atom is 0.326 e. The maximum atomic E-state index is 12.1. The topological polar surface area (TPSA) is 95.5 Å². The van der Waals surface area contributed by atoms with Gasteiger partial charge in [-0.25, -0.2) is 4.79 Å². The molecule has 0 bridgehead atoms. The Morgan fingerprint density at radius 2 is 1.76 bits per heavy atom. The van der Waals surface area contributed by atoms with Gasteiger partial charge in [0.1, 0.15) is 6.04 Å². The molecule has 0 heterocycles. The third kappa shape index (κ3) is 6.21. The first-order valence-electron chi connectivity index (χ1n) is 8.82. The molecule has 1 unspecified atom stereocenters. The van der Waals surface area contributed by atoms with Gasteiger partial charge in [0.2, 0.25) is 11.8 Å². The first-order chi connectivity index (χ1) is 12.0. The molecule has 0 saturated heterocycles. The molecule has 1 aromatic carbocycles. The van der Waals surface area contributed by atoms with Gasteiger partial charge >= 0.3 is 5.97 Å². The number of aliphatic carboxylic acids is 1. The largest absolute Gasteiger partial charge is 0.480 e. The lowest BCUT2D eigenvalue weighted by atomic mass is 10.1. The zero-order chi connectivity index (χ0) is 18.2. The van der Waals surface area contributed by atoms with Crippen molar-refractivity contribution >= 4 is 17.8 Å². The molecule has 0 spiro atoms. The number of carboxylic acids is 1. The lowest BCUT2D eigenvalue weighted by Crippen LogP contribution is -2.45. The van der Waals surface area contributed by atoms with Crippen LogP contribution < -0.4 is 10.6 Å². The summed E-state index contributed by atoms with van der Waals surface area (Å²) in [4.78, 5) is 35.6. The number of carbonyl (C=O) groups is 3. The van der Waals surface area contributed by atoms with Crippen molar-refractivity contribution in [3.8, 4) is 0 Å². The van der Waals surface area contributed by atoms with E-state index in [1.807, 2.05) is 30.3 Å². The van der Waals surface area contributed by atoms with Crippen LogP contribution in [0.1, 0.15) is 44.6 Å². The second-order valence-corrected chi connectivity index (χ2v) is 6.74. The Kier molecular flexibility index (Phi) is 6.98. The maximum absolute atomic E-state index is 12.1. The van der Waals surface area contributed by atoms with E-state index in [1.54, 1.807) is 6.92 Å². The Balaban J connectivity index is 1.81. The van der Waals surface area contributed by atoms with Crippen LogP contribution in [-0.2, 0) is 20.8 Å². The number of rotatable bonds is 8. The Morgan fingerprint density at radius 1 is 1.12 bits per heavy atom. The molecule has 1 aliphatic carbocycles. The molecule has 0 radical (unpaired) electrons. The zero-order valence-electron chi connectivity index (χ0n) is 14.5. The third-order valence-electron chi connectivity index (χ3n) is 4.52. The molecule has 1 fully saturated rings. The highest BCUT2D eigenvalue weighted by molar-refractivity contribution is 5.85. The molecule has 0 aliphatic heterocycles. The van der Waals surface area contributed by atoms with Gasteiger partial charge in [0.25, 0.3) is 0 Å². The summed E-state index contributed by atoms with van der Waals surface area (Å²) in [6.45, 7) is 1.76. The van der Waals surface area contributed by atoms with Crippen molar-refractivity contribution in [2.24, 2.45) is 5.92 Å². The van der Waals surface area contributed by atoms with Crippen molar-refractivity contribution in [2.45, 2.75) is 57.5 Å². The summed E-state index contributed by atoms with van der Waals surface area (Å²) in [5, 5.41) is 14.7. The van der Waals surface area contributed by atoms with Gasteiger partial charge in [0.05, 0.1) is 0 Å². The van der Waals surface area contributed by atoms with Crippen molar-refractivity contribution in [1.82, 2.24) is 10.6 Å². The number of carbonyl (C=O) groups excluding carboxylic acids is 2. The van der Waals surface area contributed by atoms with Gasteiger partial charge in [-0.05, 0) is 25.3 Å². The Morgan fingerprint density at radius 3 is 2.36 bits per heavy atom. The number of nitrogens with one attached hydrogen (secondary N) is 2. The minimum Gasteiger partial charge on any atom is -0.480 e. The molecular weight excluding hydrogens is 320 g/mol. The molecule has 3 N–H and O–H groups in total. The predicted octanol–water partition coefficient (Wildman–Crippen LogP) is 1.88. The average Bonchev–Trinajstić information content (AvgIpc) is 3.09. The Hall–Kier alpha value is -2.37. The van der Waals surface area contributed by atoms with E-state index in [-0.39, 0.29) is 36.6 Å². The molecule has 1 aromatic rings. The predicted molar refractivity (Wildman–Crippen MR) is 93.9 cm³/mol. The number of hydrogen-bond acceptors (Lipinski definition) is 3. The monoisotopic (exact) mass is 346 g/mol. The second-order valence-electron chi connectivity index (χ2n) is 6.74. The third-order valence-corrected chi connectivity index (χ3v) is 4.52. The molecule has 2 rings (SSSR count). The van der Waals surface area contributed by atoms with E-state index in [4.69, 9.17) is 0 Å². The number of hydrogen-bond donors (Lipinski definition) is 3. The molecule has 136 valence electrons. The summed E-state index contributed by atoms with van der Waals surface area (Å²) in [5.74, 6) is -1.39. The zero-order valence-corrected chi connectivity index (χ0v) is 14.5. The number of amides is 2. The van der Waals surface area contributed by atoms with Crippen molar-refractivity contribution in [1.29, 1.82) is 0 Å². The highest BCUT2D eigenvalue weighted by atomic mass is 16.4. The van der Waals surface area contributed by atoms with E-state index < -0.39 is 12.0 Å². The Labute approximate surface area is 148 Å². The molecule has 2 atom stereocenters. The summed E-state index contributed by atoms with van der Waals surface area (Å²) in [6.07, 6.45) is 4.26. The van der Waals surface area contributed by atoms with E-state index in [1.165, 1.54) is 0 Å². The lowest BCUT2D eigenvalue weighted by molar-refractivity contribution is -0.142. The van der Waals surface area contributed by atoms with Gasteiger partial charge in [-0.15, -0.1) is 0 Å². The van der Waals surface area contributed by atoms with E-state index in [9.17, 15) is 19.5 Å². The minimum atomic E-state index is -1.07. The number of carboxylic acid groups (broad SMARTS) is 1. The highest BCUT2D eigenvalue weighted by Gasteiger charge is 2.25. The molecule has 2 amide bonds. The standard InChI is InChI=1S/C19H26N2O4/c1-13(20-18(23)15-9-5-6-10-15)11-17(22)21-16(19(24)25)12-14-7-3-2-4-8-14/h2-4,7-8,13,15-16H,5-6,9-12H2,1H3,(H,20,23)(H,21,22)(H,24,25)/t13?,16-/m0/s1. The molecule has 1 saturated carbocycles. The highest BCUT2D eigenvalue weighted by Crippen LogP contribution is 2.24.